The molecule has 122 valence electrons. The van der Waals surface area contributed by atoms with Crippen LogP contribution >= 0.6 is 0 Å². The fourth-order valence-electron chi connectivity index (χ4n) is 2.61. The van der Waals surface area contributed by atoms with Gasteiger partial charge in [-0.2, -0.15) is 8.78 Å². The SMILES string of the molecule is CC1(C)C(C=C(F)F)C1COCc1c(F)c(F)cc(F)c1F. The molecule has 1 aromatic rings. The van der Waals surface area contributed by atoms with Crippen LogP contribution in [0.1, 0.15) is 19.4 Å². The molecule has 1 saturated carbocycles. The molecular weight excluding hydrogens is 310 g/mol. The molecule has 2 atom stereocenters. The lowest BCUT2D eigenvalue weighted by Crippen LogP contribution is -2.07. The molecular formula is C15H14F6O. The predicted octanol–water partition coefficient (Wildman–Crippen LogP) is 4.81. The summed E-state index contributed by atoms with van der Waals surface area (Å²) in [5.74, 6) is -6.70. The maximum atomic E-state index is 13.4. The van der Waals surface area contributed by atoms with Crippen LogP contribution in [0.25, 0.3) is 0 Å². The molecule has 0 N–H and O–H groups in total. The van der Waals surface area contributed by atoms with Crippen LogP contribution in [0.2, 0.25) is 0 Å². The minimum absolute atomic E-state index is 0.0432. The van der Waals surface area contributed by atoms with Crippen molar-refractivity contribution in [1.82, 2.24) is 0 Å². The van der Waals surface area contributed by atoms with E-state index < -0.39 is 52.9 Å². The van der Waals surface area contributed by atoms with Crippen LogP contribution < -0.4 is 0 Å². The van der Waals surface area contributed by atoms with Crippen LogP contribution in [-0.2, 0) is 11.3 Å². The lowest BCUT2D eigenvalue weighted by Gasteiger charge is -2.08. The summed E-state index contributed by atoms with van der Waals surface area (Å²) in [4.78, 5) is 0. The summed E-state index contributed by atoms with van der Waals surface area (Å²) in [6, 6.07) is 0.114. The maximum absolute atomic E-state index is 13.4. The van der Waals surface area contributed by atoms with E-state index in [1.165, 1.54) is 0 Å². The Bertz CT molecular complexity index is 580. The van der Waals surface area contributed by atoms with Gasteiger partial charge in [0.15, 0.2) is 23.3 Å². The number of hydrogen-bond donors (Lipinski definition) is 0. The highest BCUT2D eigenvalue weighted by atomic mass is 19.3. The number of benzene rings is 1. The summed E-state index contributed by atoms with van der Waals surface area (Å²) in [6.45, 7) is 2.80. The van der Waals surface area contributed by atoms with E-state index >= 15 is 0 Å². The first kappa shape index (κ1) is 16.9. The van der Waals surface area contributed by atoms with Crippen molar-refractivity contribution in [3.63, 3.8) is 0 Å². The molecule has 1 nitrogen and oxygen atoms in total. The van der Waals surface area contributed by atoms with Gasteiger partial charge in [0.2, 0.25) is 0 Å². The molecule has 0 saturated heterocycles. The predicted molar refractivity (Wildman–Crippen MR) is 67.0 cm³/mol. The van der Waals surface area contributed by atoms with Gasteiger partial charge in [-0.15, -0.1) is 0 Å². The van der Waals surface area contributed by atoms with Crippen LogP contribution in [0.4, 0.5) is 26.3 Å². The van der Waals surface area contributed by atoms with E-state index in [9.17, 15) is 26.3 Å². The molecule has 0 bridgehead atoms. The third-order valence-electron chi connectivity index (χ3n) is 4.19. The minimum atomic E-state index is -1.80. The molecule has 2 unspecified atom stereocenters. The van der Waals surface area contributed by atoms with Gasteiger partial charge in [0.25, 0.3) is 6.08 Å². The highest BCUT2D eigenvalue weighted by Crippen LogP contribution is 2.59. The standard InChI is InChI=1S/C15H14F6O/c1-15(2)8(3-12(18)19)9(15)6-22-5-7-13(20)10(16)4-11(17)14(7)21/h3-4,8-9H,5-6H2,1-2H3. The number of allylic oxidation sites excluding steroid dienone is 1. The van der Waals surface area contributed by atoms with Gasteiger partial charge in [0, 0.05) is 6.07 Å². The Kier molecular flexibility index (Phi) is 4.56. The Morgan fingerprint density at radius 1 is 1.14 bits per heavy atom. The Hall–Kier alpha value is -1.50. The zero-order chi connectivity index (χ0) is 16.7. The van der Waals surface area contributed by atoms with Gasteiger partial charge in [0.05, 0.1) is 18.8 Å². The molecule has 7 heteroatoms. The molecule has 0 heterocycles. The Labute approximate surface area is 123 Å². The zero-order valence-corrected chi connectivity index (χ0v) is 11.9. The second kappa shape index (κ2) is 5.95. The summed E-state index contributed by atoms with van der Waals surface area (Å²) >= 11 is 0. The van der Waals surface area contributed by atoms with E-state index in [0.717, 1.165) is 6.08 Å². The van der Waals surface area contributed by atoms with Crippen molar-refractivity contribution in [2.24, 2.45) is 17.3 Å². The van der Waals surface area contributed by atoms with Gasteiger partial charge in [-0.3, -0.25) is 0 Å². The number of ether oxygens (including phenoxy) is 1. The van der Waals surface area contributed by atoms with E-state index in [1.807, 2.05) is 0 Å². The number of hydrogen-bond acceptors (Lipinski definition) is 1. The fraction of sp³-hybridized carbons (Fsp3) is 0.467. The average molecular weight is 324 g/mol. The minimum Gasteiger partial charge on any atom is -0.376 e. The summed E-state index contributed by atoms with van der Waals surface area (Å²) in [5.41, 5.74) is -1.27. The quantitative estimate of drug-likeness (QED) is 0.558. The molecule has 0 spiro atoms. The molecule has 0 aromatic heterocycles. The summed E-state index contributed by atoms with van der Waals surface area (Å²) in [7, 11) is 0. The highest BCUT2D eigenvalue weighted by Gasteiger charge is 2.56. The van der Waals surface area contributed by atoms with E-state index in [1.54, 1.807) is 13.8 Å². The molecule has 1 aliphatic rings. The van der Waals surface area contributed by atoms with Crippen LogP contribution in [0.3, 0.4) is 0 Å². The van der Waals surface area contributed by atoms with E-state index in [-0.39, 0.29) is 18.6 Å². The number of halogens is 6. The summed E-state index contributed by atoms with van der Waals surface area (Å²) < 4.78 is 82.5. The summed E-state index contributed by atoms with van der Waals surface area (Å²) in [6.07, 6.45) is -0.985. The normalized spacial score (nSPS) is 22.5. The van der Waals surface area contributed by atoms with E-state index in [4.69, 9.17) is 4.74 Å². The Balaban J connectivity index is 2.00. The van der Waals surface area contributed by atoms with Crippen molar-refractivity contribution < 1.29 is 31.1 Å². The maximum Gasteiger partial charge on any atom is 0.266 e. The third kappa shape index (κ3) is 3.14. The molecule has 2 rings (SSSR count). The molecule has 0 amide bonds. The lowest BCUT2D eigenvalue weighted by atomic mass is 10.1. The van der Waals surface area contributed by atoms with Crippen molar-refractivity contribution in [1.29, 1.82) is 0 Å². The van der Waals surface area contributed by atoms with Crippen LogP contribution in [0.15, 0.2) is 18.2 Å². The van der Waals surface area contributed by atoms with Crippen molar-refractivity contribution >= 4 is 0 Å². The molecule has 0 radical (unpaired) electrons. The first-order valence-electron chi connectivity index (χ1n) is 6.58. The van der Waals surface area contributed by atoms with Gasteiger partial charge in [-0.25, -0.2) is 17.6 Å². The van der Waals surface area contributed by atoms with E-state index in [2.05, 4.69) is 0 Å². The largest absolute Gasteiger partial charge is 0.376 e. The second-order valence-corrected chi connectivity index (χ2v) is 5.87. The van der Waals surface area contributed by atoms with Crippen molar-refractivity contribution in [3.05, 3.63) is 47.1 Å². The number of rotatable bonds is 5. The first-order chi connectivity index (χ1) is 10.2. The van der Waals surface area contributed by atoms with Crippen molar-refractivity contribution in [2.45, 2.75) is 20.5 Å². The van der Waals surface area contributed by atoms with Gasteiger partial charge >= 0.3 is 0 Å². The van der Waals surface area contributed by atoms with Crippen LogP contribution in [-0.4, -0.2) is 6.61 Å². The van der Waals surface area contributed by atoms with Gasteiger partial charge in [0.1, 0.15) is 0 Å². The lowest BCUT2D eigenvalue weighted by molar-refractivity contribution is 0.0968. The average Bonchev–Trinajstić information content (AvgIpc) is 2.91. The molecule has 1 fully saturated rings. The van der Waals surface area contributed by atoms with Gasteiger partial charge in [-0.1, -0.05) is 13.8 Å². The van der Waals surface area contributed by atoms with E-state index in [0.29, 0.717) is 0 Å². The van der Waals surface area contributed by atoms with Crippen molar-refractivity contribution in [3.8, 4) is 0 Å². The Morgan fingerprint density at radius 2 is 1.68 bits per heavy atom. The van der Waals surface area contributed by atoms with Crippen LogP contribution in [0, 0.1) is 40.5 Å². The fourth-order valence-corrected chi connectivity index (χ4v) is 2.61. The molecule has 22 heavy (non-hydrogen) atoms. The monoisotopic (exact) mass is 324 g/mol. The summed E-state index contributed by atoms with van der Waals surface area (Å²) in [5, 5.41) is 0. The van der Waals surface area contributed by atoms with Gasteiger partial charge in [-0.05, 0) is 23.3 Å². The smallest absolute Gasteiger partial charge is 0.266 e. The molecule has 0 aliphatic heterocycles. The Morgan fingerprint density at radius 3 is 2.18 bits per heavy atom. The molecule has 1 aliphatic carbocycles. The second-order valence-electron chi connectivity index (χ2n) is 5.87. The first-order valence-corrected chi connectivity index (χ1v) is 6.58. The molecule has 1 aromatic carbocycles. The van der Waals surface area contributed by atoms with Crippen LogP contribution in [0.5, 0.6) is 0 Å². The third-order valence-corrected chi connectivity index (χ3v) is 4.19. The van der Waals surface area contributed by atoms with Crippen molar-refractivity contribution in [2.75, 3.05) is 6.61 Å². The zero-order valence-electron chi connectivity index (χ0n) is 11.9. The highest BCUT2D eigenvalue weighted by molar-refractivity contribution is 5.22. The van der Waals surface area contributed by atoms with Gasteiger partial charge < -0.3 is 4.74 Å². The topological polar surface area (TPSA) is 9.23 Å².